The lowest BCUT2D eigenvalue weighted by Gasteiger charge is -2.12. The molecule has 1 amide bonds. The van der Waals surface area contributed by atoms with Gasteiger partial charge < -0.3 is 20.2 Å². The van der Waals surface area contributed by atoms with Gasteiger partial charge in [-0.1, -0.05) is 30.3 Å². The van der Waals surface area contributed by atoms with Crippen molar-refractivity contribution in [1.29, 1.82) is 0 Å². The van der Waals surface area contributed by atoms with E-state index >= 15 is 0 Å². The Balaban J connectivity index is 2.32. The zero-order valence-electron chi connectivity index (χ0n) is 9.68. The Morgan fingerprint density at radius 3 is 2.71 bits per heavy atom. The summed E-state index contributed by atoms with van der Waals surface area (Å²) in [7, 11) is 1.70. The molecule has 1 aromatic carbocycles. The molecule has 0 unspecified atom stereocenters. The van der Waals surface area contributed by atoms with Crippen LogP contribution < -0.4 is 10.6 Å². The third-order valence-corrected chi connectivity index (χ3v) is 2.10. The van der Waals surface area contributed by atoms with E-state index in [-0.39, 0.29) is 6.61 Å². The molecule has 17 heavy (non-hydrogen) atoms. The zero-order chi connectivity index (χ0) is 12.5. The second kappa shape index (κ2) is 7.40. The minimum Gasteiger partial charge on any atom is -0.445 e. The van der Waals surface area contributed by atoms with Crippen LogP contribution in [0.1, 0.15) is 5.56 Å². The van der Waals surface area contributed by atoms with Crippen LogP contribution in [-0.2, 0) is 16.1 Å². The highest BCUT2D eigenvalue weighted by Gasteiger charge is 2.10. The minimum absolute atomic E-state index is 0.192. The number of aldehydes is 1. The van der Waals surface area contributed by atoms with E-state index in [1.165, 1.54) is 0 Å². The average Bonchev–Trinajstić information content (AvgIpc) is 2.37. The van der Waals surface area contributed by atoms with Gasteiger partial charge in [0, 0.05) is 6.54 Å². The van der Waals surface area contributed by atoms with E-state index in [9.17, 15) is 9.59 Å². The largest absolute Gasteiger partial charge is 0.445 e. The van der Waals surface area contributed by atoms with Gasteiger partial charge >= 0.3 is 6.09 Å². The summed E-state index contributed by atoms with van der Waals surface area (Å²) >= 11 is 0. The second-order valence-electron chi connectivity index (χ2n) is 3.51. The van der Waals surface area contributed by atoms with Crippen molar-refractivity contribution >= 4 is 12.4 Å². The van der Waals surface area contributed by atoms with E-state index < -0.39 is 12.1 Å². The molecule has 5 nitrogen and oxygen atoms in total. The highest BCUT2D eigenvalue weighted by Crippen LogP contribution is 2.00. The third-order valence-electron chi connectivity index (χ3n) is 2.10. The molecule has 0 aliphatic rings. The minimum atomic E-state index is -0.596. The molecule has 0 bridgehead atoms. The Labute approximate surface area is 100 Å². The Hall–Kier alpha value is -1.88. The third kappa shape index (κ3) is 5.12. The van der Waals surface area contributed by atoms with Crippen LogP contribution in [0.5, 0.6) is 0 Å². The van der Waals surface area contributed by atoms with Gasteiger partial charge in [-0.3, -0.25) is 0 Å². The fourth-order valence-electron chi connectivity index (χ4n) is 1.27. The first-order chi connectivity index (χ1) is 8.26. The number of benzene rings is 1. The molecule has 0 radical (unpaired) electrons. The summed E-state index contributed by atoms with van der Waals surface area (Å²) in [6.07, 6.45) is 0.0708. The molecule has 0 aromatic heterocycles. The van der Waals surface area contributed by atoms with Crippen LogP contribution in [0.4, 0.5) is 4.79 Å². The zero-order valence-corrected chi connectivity index (χ0v) is 9.68. The van der Waals surface area contributed by atoms with Gasteiger partial charge in [-0.25, -0.2) is 4.79 Å². The summed E-state index contributed by atoms with van der Waals surface area (Å²) in [5, 5.41) is 5.24. The molecule has 0 heterocycles. The van der Waals surface area contributed by atoms with Gasteiger partial charge in [0.2, 0.25) is 0 Å². The van der Waals surface area contributed by atoms with Gasteiger partial charge in [0.05, 0.1) is 0 Å². The van der Waals surface area contributed by atoms with Crippen molar-refractivity contribution < 1.29 is 14.3 Å². The van der Waals surface area contributed by atoms with E-state index in [2.05, 4.69) is 10.6 Å². The number of carbonyl (C=O) groups is 2. The molecular formula is C12H16N2O3. The Bertz CT molecular complexity index is 354. The molecule has 0 saturated heterocycles. The standard InChI is InChI=1S/C12H16N2O3/c1-13-7-11(8-15)14-12(16)17-9-10-5-3-2-4-6-10/h2-6,8,11,13H,7,9H2,1H3,(H,14,16)/t11-/m1/s1. The number of rotatable bonds is 6. The van der Waals surface area contributed by atoms with Crippen LogP contribution in [0.3, 0.4) is 0 Å². The number of hydrogen-bond donors (Lipinski definition) is 2. The van der Waals surface area contributed by atoms with E-state index in [1.807, 2.05) is 30.3 Å². The van der Waals surface area contributed by atoms with Gasteiger partial charge in [-0.05, 0) is 12.6 Å². The monoisotopic (exact) mass is 236 g/mol. The van der Waals surface area contributed by atoms with Crippen molar-refractivity contribution in [3.05, 3.63) is 35.9 Å². The molecule has 1 atom stereocenters. The molecule has 2 N–H and O–H groups in total. The van der Waals surface area contributed by atoms with Crippen LogP contribution in [0.25, 0.3) is 0 Å². The molecule has 0 aliphatic carbocycles. The van der Waals surface area contributed by atoms with Crippen molar-refractivity contribution in [3.63, 3.8) is 0 Å². The number of likely N-dealkylation sites (N-methyl/N-ethyl adjacent to an activating group) is 1. The first-order valence-electron chi connectivity index (χ1n) is 5.33. The molecular weight excluding hydrogens is 220 g/mol. The van der Waals surface area contributed by atoms with Crippen molar-refractivity contribution in [2.24, 2.45) is 0 Å². The maximum Gasteiger partial charge on any atom is 0.408 e. The van der Waals surface area contributed by atoms with Crippen LogP contribution in [0, 0.1) is 0 Å². The van der Waals surface area contributed by atoms with Crippen LogP contribution >= 0.6 is 0 Å². The summed E-state index contributed by atoms with van der Waals surface area (Å²) in [6.45, 7) is 0.571. The van der Waals surface area contributed by atoms with Gasteiger partial charge in [-0.2, -0.15) is 0 Å². The summed E-state index contributed by atoms with van der Waals surface area (Å²) in [4.78, 5) is 21.9. The molecule has 0 saturated carbocycles. The van der Waals surface area contributed by atoms with Crippen LogP contribution in [0.15, 0.2) is 30.3 Å². The van der Waals surface area contributed by atoms with Gasteiger partial charge in [-0.15, -0.1) is 0 Å². The number of ether oxygens (including phenoxy) is 1. The molecule has 1 aromatic rings. The topological polar surface area (TPSA) is 67.4 Å². The summed E-state index contributed by atoms with van der Waals surface area (Å²) < 4.78 is 4.97. The summed E-state index contributed by atoms with van der Waals surface area (Å²) in [5.41, 5.74) is 0.902. The SMILES string of the molecule is CNC[C@H](C=O)NC(=O)OCc1ccccc1. The fraction of sp³-hybridized carbons (Fsp3) is 0.333. The molecule has 0 spiro atoms. The van der Waals surface area contributed by atoms with Crippen molar-refractivity contribution in [1.82, 2.24) is 10.6 Å². The number of amides is 1. The quantitative estimate of drug-likeness (QED) is 0.713. The maximum atomic E-state index is 11.3. The number of hydrogen-bond acceptors (Lipinski definition) is 4. The molecule has 0 aliphatic heterocycles. The molecule has 92 valence electrons. The number of carbonyl (C=O) groups excluding carboxylic acids is 2. The normalized spacial score (nSPS) is 11.6. The number of nitrogens with one attached hydrogen (secondary N) is 2. The van der Waals surface area contributed by atoms with Crippen LogP contribution in [-0.4, -0.2) is 32.0 Å². The maximum absolute atomic E-state index is 11.3. The van der Waals surface area contributed by atoms with E-state index in [0.29, 0.717) is 12.8 Å². The lowest BCUT2D eigenvalue weighted by atomic mass is 10.2. The molecule has 1 rings (SSSR count). The first kappa shape index (κ1) is 13.2. The number of alkyl carbamates (subject to hydrolysis) is 1. The average molecular weight is 236 g/mol. The highest BCUT2D eigenvalue weighted by atomic mass is 16.5. The highest BCUT2D eigenvalue weighted by molar-refractivity contribution is 5.73. The van der Waals surface area contributed by atoms with E-state index in [4.69, 9.17) is 4.74 Å². The fourth-order valence-corrected chi connectivity index (χ4v) is 1.27. The lowest BCUT2D eigenvalue weighted by molar-refractivity contribution is -0.109. The van der Waals surface area contributed by atoms with Gasteiger partial charge in [0.15, 0.2) is 0 Å². The summed E-state index contributed by atoms with van der Waals surface area (Å²) in [6, 6.07) is 8.77. The van der Waals surface area contributed by atoms with Crippen LogP contribution in [0.2, 0.25) is 0 Å². The second-order valence-corrected chi connectivity index (χ2v) is 3.51. The predicted octanol–water partition coefficient (Wildman–Crippen LogP) is 0.700. The molecule has 0 fully saturated rings. The van der Waals surface area contributed by atoms with Crippen molar-refractivity contribution in [3.8, 4) is 0 Å². The Morgan fingerprint density at radius 1 is 1.41 bits per heavy atom. The summed E-state index contributed by atoms with van der Waals surface area (Å²) in [5.74, 6) is 0. The lowest BCUT2D eigenvalue weighted by Crippen LogP contribution is -2.42. The van der Waals surface area contributed by atoms with Crippen molar-refractivity contribution in [2.75, 3.05) is 13.6 Å². The predicted molar refractivity (Wildman–Crippen MR) is 63.5 cm³/mol. The van der Waals surface area contributed by atoms with E-state index in [1.54, 1.807) is 7.05 Å². The molecule has 5 heteroatoms. The first-order valence-corrected chi connectivity index (χ1v) is 5.33. The Morgan fingerprint density at radius 2 is 2.12 bits per heavy atom. The Kier molecular flexibility index (Phi) is 5.74. The van der Waals surface area contributed by atoms with E-state index in [0.717, 1.165) is 5.56 Å². The smallest absolute Gasteiger partial charge is 0.408 e. The van der Waals surface area contributed by atoms with Crippen molar-refractivity contribution in [2.45, 2.75) is 12.6 Å². The van der Waals surface area contributed by atoms with Gasteiger partial charge in [0.25, 0.3) is 0 Å². The van der Waals surface area contributed by atoms with Gasteiger partial charge in [0.1, 0.15) is 18.9 Å².